The number of ether oxygens (including phenoxy) is 1. The Balaban J connectivity index is 0. The molecule has 0 fully saturated rings. The molecule has 4 heteroatoms. The monoisotopic (exact) mass is 260 g/mol. The molecule has 0 saturated heterocycles. The fourth-order valence-electron chi connectivity index (χ4n) is 1.55. The first-order chi connectivity index (χ1) is 8.24. The molecule has 0 aliphatic carbocycles. The summed E-state index contributed by atoms with van der Waals surface area (Å²) in [5, 5.41) is 9.08. The molecule has 1 aromatic carbocycles. The molecule has 3 nitrogen and oxygen atoms in total. The van der Waals surface area contributed by atoms with Crippen LogP contribution in [0.15, 0.2) is 24.3 Å². The van der Waals surface area contributed by atoms with Gasteiger partial charge in [-0.15, -0.1) is 0 Å². The van der Waals surface area contributed by atoms with Gasteiger partial charge in [0.1, 0.15) is 5.75 Å². The van der Waals surface area contributed by atoms with Gasteiger partial charge in [0.2, 0.25) is 0 Å². The minimum Gasteiger partial charge on any atom is -1.00 e. The van der Waals surface area contributed by atoms with E-state index in [9.17, 15) is 4.79 Å². The van der Waals surface area contributed by atoms with Gasteiger partial charge in [-0.2, -0.15) is 0 Å². The summed E-state index contributed by atoms with van der Waals surface area (Å²) in [6.45, 7) is 2.65. The average molecular weight is 260 g/mol. The number of hydrogen-bond acceptors (Lipinski definition) is 3. The molecule has 96 valence electrons. The standard InChI is InChI=1S/C14H20O3.Na.H/c1-2-3-4-5-6-11-17-14(16)12-7-9-13(15)10-8-12;;/h7-10,15H,2-6,11H2,1H3;;/q;+1;-1. The number of phenols is 1. The molecular weight excluding hydrogens is 239 g/mol. The van der Waals surface area contributed by atoms with Gasteiger partial charge in [-0.1, -0.05) is 32.6 Å². The minimum absolute atomic E-state index is 0. The second-order valence-electron chi connectivity index (χ2n) is 4.10. The Hall–Kier alpha value is -0.510. The van der Waals surface area contributed by atoms with E-state index in [2.05, 4.69) is 6.92 Å². The Morgan fingerprint density at radius 1 is 1.17 bits per heavy atom. The maximum absolute atomic E-state index is 11.5. The zero-order valence-corrected chi connectivity index (χ0v) is 13.3. The first-order valence-corrected chi connectivity index (χ1v) is 6.20. The fourth-order valence-corrected chi connectivity index (χ4v) is 1.55. The molecular formula is C14H21NaO3. The molecule has 1 rings (SSSR count). The quantitative estimate of drug-likeness (QED) is 0.444. The number of rotatable bonds is 7. The van der Waals surface area contributed by atoms with Gasteiger partial charge in [-0.25, -0.2) is 4.79 Å². The van der Waals surface area contributed by atoms with Crippen LogP contribution in [0.4, 0.5) is 0 Å². The third-order valence-corrected chi connectivity index (χ3v) is 2.58. The first kappa shape index (κ1) is 17.5. The summed E-state index contributed by atoms with van der Waals surface area (Å²) < 4.78 is 5.13. The summed E-state index contributed by atoms with van der Waals surface area (Å²) in [7, 11) is 0. The van der Waals surface area contributed by atoms with E-state index >= 15 is 0 Å². The van der Waals surface area contributed by atoms with Crippen LogP contribution in [0.1, 0.15) is 50.8 Å². The van der Waals surface area contributed by atoms with Gasteiger partial charge >= 0.3 is 35.5 Å². The number of unbranched alkanes of at least 4 members (excludes halogenated alkanes) is 4. The molecule has 0 unspecified atom stereocenters. The molecule has 0 spiro atoms. The van der Waals surface area contributed by atoms with E-state index in [4.69, 9.17) is 9.84 Å². The van der Waals surface area contributed by atoms with E-state index in [0.717, 1.165) is 12.8 Å². The molecule has 1 aromatic rings. The molecule has 0 saturated carbocycles. The molecule has 0 radical (unpaired) electrons. The van der Waals surface area contributed by atoms with Gasteiger partial charge in [-0.3, -0.25) is 0 Å². The Labute approximate surface area is 132 Å². The maximum Gasteiger partial charge on any atom is 1.00 e. The van der Waals surface area contributed by atoms with Gasteiger partial charge in [0.25, 0.3) is 0 Å². The van der Waals surface area contributed by atoms with Crippen LogP contribution in [-0.4, -0.2) is 17.7 Å². The Bertz CT molecular complexity index is 341. The topological polar surface area (TPSA) is 46.5 Å². The largest absolute Gasteiger partial charge is 1.00 e. The third kappa shape index (κ3) is 7.04. The van der Waals surface area contributed by atoms with Gasteiger partial charge in [-0.05, 0) is 30.7 Å². The van der Waals surface area contributed by atoms with Gasteiger partial charge in [0, 0.05) is 0 Å². The number of aromatic hydroxyl groups is 1. The van der Waals surface area contributed by atoms with Crippen LogP contribution < -0.4 is 29.6 Å². The Morgan fingerprint density at radius 3 is 2.39 bits per heavy atom. The maximum atomic E-state index is 11.5. The Kier molecular flexibility index (Phi) is 10.1. The van der Waals surface area contributed by atoms with Crippen LogP contribution in [0.2, 0.25) is 0 Å². The van der Waals surface area contributed by atoms with Gasteiger partial charge in [0.15, 0.2) is 0 Å². The number of carbonyl (C=O) groups excluding carboxylic acids is 1. The van der Waals surface area contributed by atoms with Crippen LogP contribution in [0.5, 0.6) is 5.75 Å². The molecule has 0 aliphatic heterocycles. The van der Waals surface area contributed by atoms with Crippen molar-refractivity contribution in [1.82, 2.24) is 0 Å². The van der Waals surface area contributed by atoms with E-state index in [0.29, 0.717) is 12.2 Å². The molecule has 0 heterocycles. The molecule has 0 bridgehead atoms. The number of hydrogen-bond donors (Lipinski definition) is 1. The normalized spacial score (nSPS) is 9.61. The zero-order chi connectivity index (χ0) is 12.5. The number of benzene rings is 1. The third-order valence-electron chi connectivity index (χ3n) is 2.58. The van der Waals surface area contributed by atoms with Crippen molar-refractivity contribution in [3.63, 3.8) is 0 Å². The van der Waals surface area contributed by atoms with Crippen molar-refractivity contribution in [2.45, 2.75) is 39.0 Å². The smallest absolute Gasteiger partial charge is 1.00 e. The van der Waals surface area contributed by atoms with Crippen LogP contribution in [0.25, 0.3) is 0 Å². The number of phenolic OH excluding ortho intramolecular Hbond substituents is 1. The molecule has 18 heavy (non-hydrogen) atoms. The van der Waals surface area contributed by atoms with Crippen molar-refractivity contribution in [3.05, 3.63) is 29.8 Å². The van der Waals surface area contributed by atoms with Crippen molar-refractivity contribution in [1.29, 1.82) is 0 Å². The molecule has 1 N–H and O–H groups in total. The van der Waals surface area contributed by atoms with Gasteiger partial charge < -0.3 is 11.3 Å². The van der Waals surface area contributed by atoms with Crippen molar-refractivity contribution >= 4 is 5.97 Å². The summed E-state index contributed by atoms with van der Waals surface area (Å²) in [5.74, 6) is -0.165. The molecule has 0 amide bonds. The van der Waals surface area contributed by atoms with E-state index in [1.54, 1.807) is 12.1 Å². The molecule has 0 atom stereocenters. The van der Waals surface area contributed by atoms with Crippen LogP contribution >= 0.6 is 0 Å². The van der Waals surface area contributed by atoms with Crippen molar-refractivity contribution in [2.24, 2.45) is 0 Å². The van der Waals surface area contributed by atoms with Crippen LogP contribution in [0, 0.1) is 0 Å². The van der Waals surface area contributed by atoms with Crippen LogP contribution in [-0.2, 0) is 4.74 Å². The SMILES string of the molecule is CCCCCCCOC(=O)c1ccc(O)cc1.[H-].[Na+]. The average Bonchev–Trinajstić information content (AvgIpc) is 2.34. The minimum atomic E-state index is -0.319. The van der Waals surface area contributed by atoms with Gasteiger partial charge in [0.05, 0.1) is 12.2 Å². The van der Waals surface area contributed by atoms with E-state index in [1.165, 1.54) is 31.4 Å². The number of esters is 1. The summed E-state index contributed by atoms with van der Waals surface area (Å²) in [4.78, 5) is 11.5. The first-order valence-electron chi connectivity index (χ1n) is 6.20. The van der Waals surface area contributed by atoms with E-state index in [1.807, 2.05) is 0 Å². The molecule has 0 aromatic heterocycles. The van der Waals surface area contributed by atoms with Crippen molar-refractivity contribution in [3.8, 4) is 5.75 Å². The van der Waals surface area contributed by atoms with Crippen molar-refractivity contribution < 1.29 is 45.6 Å². The fraction of sp³-hybridized carbons (Fsp3) is 0.500. The summed E-state index contributed by atoms with van der Waals surface area (Å²) in [6.07, 6.45) is 5.69. The predicted molar refractivity (Wildman–Crippen MR) is 68.3 cm³/mol. The second-order valence-corrected chi connectivity index (χ2v) is 4.10. The van der Waals surface area contributed by atoms with Crippen LogP contribution in [0.3, 0.4) is 0 Å². The predicted octanol–water partition coefficient (Wildman–Crippen LogP) is 0.636. The van der Waals surface area contributed by atoms with E-state index in [-0.39, 0.29) is 42.7 Å². The van der Waals surface area contributed by atoms with Crippen molar-refractivity contribution in [2.75, 3.05) is 6.61 Å². The second kappa shape index (κ2) is 10.4. The number of carbonyl (C=O) groups is 1. The summed E-state index contributed by atoms with van der Waals surface area (Å²) >= 11 is 0. The molecule has 0 aliphatic rings. The van der Waals surface area contributed by atoms with E-state index < -0.39 is 0 Å². The zero-order valence-electron chi connectivity index (χ0n) is 12.3. The summed E-state index contributed by atoms with van der Waals surface area (Å²) in [6, 6.07) is 6.10. The summed E-state index contributed by atoms with van der Waals surface area (Å²) in [5.41, 5.74) is 0.483. The Morgan fingerprint density at radius 2 is 1.78 bits per heavy atom.